The van der Waals surface area contributed by atoms with E-state index in [4.69, 9.17) is 9.15 Å². The Kier molecular flexibility index (Phi) is 4.93. The standard InChI is InChI=1S/C18H20N2O4/c1-2-23-16-9-8-15(24-16)18(22)20-11-5-6-13(12-20)17(21)14-7-3-4-10-19-14/h3-4,7-10,13H,2,5-6,11-12H2,1H3/t13-/m0/s1. The Morgan fingerprint density at radius 1 is 1.33 bits per heavy atom. The molecule has 126 valence electrons. The molecule has 3 heterocycles. The number of likely N-dealkylation sites (tertiary alicyclic amines) is 1. The van der Waals surface area contributed by atoms with Crippen LogP contribution >= 0.6 is 0 Å². The molecule has 3 rings (SSSR count). The highest BCUT2D eigenvalue weighted by molar-refractivity contribution is 5.97. The molecular weight excluding hydrogens is 308 g/mol. The van der Waals surface area contributed by atoms with Crippen LogP contribution in [0.5, 0.6) is 5.95 Å². The maximum absolute atomic E-state index is 12.6. The maximum atomic E-state index is 12.6. The summed E-state index contributed by atoms with van der Waals surface area (Å²) in [6.07, 6.45) is 3.16. The first kappa shape index (κ1) is 16.2. The molecule has 0 bridgehead atoms. The highest BCUT2D eigenvalue weighted by Crippen LogP contribution is 2.23. The number of amides is 1. The molecule has 6 heteroatoms. The van der Waals surface area contributed by atoms with E-state index in [0.717, 1.165) is 12.8 Å². The number of hydrogen-bond acceptors (Lipinski definition) is 5. The summed E-state index contributed by atoms with van der Waals surface area (Å²) in [4.78, 5) is 30.9. The van der Waals surface area contributed by atoms with Crippen molar-refractivity contribution in [2.45, 2.75) is 19.8 Å². The maximum Gasteiger partial charge on any atom is 0.289 e. The van der Waals surface area contributed by atoms with Gasteiger partial charge in [0.1, 0.15) is 5.69 Å². The number of ether oxygens (including phenoxy) is 1. The lowest BCUT2D eigenvalue weighted by Crippen LogP contribution is -2.42. The first-order chi connectivity index (χ1) is 11.7. The number of pyridine rings is 1. The van der Waals surface area contributed by atoms with Crippen LogP contribution < -0.4 is 4.74 Å². The van der Waals surface area contributed by atoms with Crippen molar-refractivity contribution in [3.63, 3.8) is 0 Å². The zero-order chi connectivity index (χ0) is 16.9. The van der Waals surface area contributed by atoms with Crippen molar-refractivity contribution >= 4 is 11.7 Å². The van der Waals surface area contributed by atoms with Gasteiger partial charge in [0.15, 0.2) is 11.5 Å². The third-order valence-electron chi connectivity index (χ3n) is 4.08. The Labute approximate surface area is 140 Å². The number of hydrogen-bond donors (Lipinski definition) is 0. The fourth-order valence-corrected chi connectivity index (χ4v) is 2.90. The summed E-state index contributed by atoms with van der Waals surface area (Å²) in [6, 6.07) is 8.53. The average Bonchev–Trinajstić information content (AvgIpc) is 3.10. The van der Waals surface area contributed by atoms with Crippen molar-refractivity contribution in [2.75, 3.05) is 19.7 Å². The van der Waals surface area contributed by atoms with Gasteiger partial charge in [-0.15, -0.1) is 0 Å². The SMILES string of the molecule is CCOc1ccc(C(=O)N2CCC[C@H](C(=O)c3ccccn3)C2)o1. The van der Waals surface area contributed by atoms with E-state index in [1.54, 1.807) is 41.4 Å². The molecule has 2 aromatic rings. The predicted octanol–water partition coefficient (Wildman–Crippen LogP) is 2.81. The average molecular weight is 328 g/mol. The van der Waals surface area contributed by atoms with E-state index in [1.807, 2.05) is 6.92 Å². The first-order valence-electron chi connectivity index (χ1n) is 8.16. The Morgan fingerprint density at radius 3 is 2.96 bits per heavy atom. The summed E-state index contributed by atoms with van der Waals surface area (Å²) in [5, 5.41) is 0. The molecule has 0 N–H and O–H groups in total. The van der Waals surface area contributed by atoms with Gasteiger partial charge in [-0.25, -0.2) is 0 Å². The highest BCUT2D eigenvalue weighted by atomic mass is 16.6. The normalized spacial score (nSPS) is 17.5. The molecule has 0 spiro atoms. The van der Waals surface area contributed by atoms with Gasteiger partial charge in [-0.3, -0.25) is 14.6 Å². The number of nitrogens with zero attached hydrogens (tertiary/aromatic N) is 2. The van der Waals surface area contributed by atoms with Crippen LogP contribution in [0.1, 0.15) is 40.8 Å². The predicted molar refractivity (Wildman–Crippen MR) is 87.1 cm³/mol. The van der Waals surface area contributed by atoms with E-state index in [-0.39, 0.29) is 23.4 Å². The van der Waals surface area contributed by atoms with Crippen molar-refractivity contribution in [1.82, 2.24) is 9.88 Å². The number of Topliss-reactive ketones (excluding diaryl/α,β-unsaturated/α-hetero) is 1. The van der Waals surface area contributed by atoms with Crippen LogP contribution in [0.15, 0.2) is 40.9 Å². The summed E-state index contributed by atoms with van der Waals surface area (Å²) >= 11 is 0. The highest BCUT2D eigenvalue weighted by Gasteiger charge is 2.31. The molecule has 0 saturated carbocycles. The third kappa shape index (κ3) is 3.48. The number of ketones is 1. The summed E-state index contributed by atoms with van der Waals surface area (Å²) in [7, 11) is 0. The molecular formula is C18H20N2O4. The largest absolute Gasteiger partial charge is 0.465 e. The van der Waals surface area contributed by atoms with Gasteiger partial charge in [-0.1, -0.05) is 6.07 Å². The Balaban J connectivity index is 1.68. The lowest BCUT2D eigenvalue weighted by atomic mass is 9.92. The molecule has 1 fully saturated rings. The molecule has 1 amide bonds. The number of aromatic nitrogens is 1. The summed E-state index contributed by atoms with van der Waals surface area (Å²) < 4.78 is 10.7. The fourth-order valence-electron chi connectivity index (χ4n) is 2.90. The Morgan fingerprint density at radius 2 is 2.21 bits per heavy atom. The number of piperidine rings is 1. The molecule has 1 atom stereocenters. The number of carbonyl (C=O) groups excluding carboxylic acids is 2. The van der Waals surface area contributed by atoms with Crippen molar-refractivity contribution in [2.24, 2.45) is 5.92 Å². The number of rotatable bonds is 5. The van der Waals surface area contributed by atoms with Crippen LogP contribution in [-0.4, -0.2) is 41.3 Å². The number of carbonyl (C=O) groups is 2. The quantitative estimate of drug-likeness (QED) is 0.789. The molecule has 1 aliphatic heterocycles. The number of furan rings is 1. The Bertz CT molecular complexity index is 711. The minimum atomic E-state index is -0.223. The van der Waals surface area contributed by atoms with Crippen LogP contribution in [0.4, 0.5) is 0 Å². The van der Waals surface area contributed by atoms with E-state index in [2.05, 4.69) is 4.98 Å². The first-order valence-corrected chi connectivity index (χ1v) is 8.16. The minimum absolute atomic E-state index is 0.0115. The van der Waals surface area contributed by atoms with E-state index >= 15 is 0 Å². The van der Waals surface area contributed by atoms with Crippen LogP contribution in [-0.2, 0) is 0 Å². The molecule has 0 aromatic carbocycles. The van der Waals surface area contributed by atoms with Crippen LogP contribution in [0, 0.1) is 5.92 Å². The van der Waals surface area contributed by atoms with Crippen molar-refractivity contribution in [1.29, 1.82) is 0 Å². The molecule has 0 radical (unpaired) electrons. The summed E-state index contributed by atoms with van der Waals surface area (Å²) in [5.41, 5.74) is 0.452. The van der Waals surface area contributed by atoms with Crippen molar-refractivity contribution < 1.29 is 18.7 Å². The monoisotopic (exact) mass is 328 g/mol. The van der Waals surface area contributed by atoms with Gasteiger partial charge < -0.3 is 14.1 Å². The Hall–Kier alpha value is -2.63. The minimum Gasteiger partial charge on any atom is -0.465 e. The molecule has 24 heavy (non-hydrogen) atoms. The van der Waals surface area contributed by atoms with E-state index in [0.29, 0.717) is 31.3 Å². The zero-order valence-corrected chi connectivity index (χ0v) is 13.6. The molecule has 0 unspecified atom stereocenters. The van der Waals surface area contributed by atoms with E-state index in [9.17, 15) is 9.59 Å². The smallest absolute Gasteiger partial charge is 0.289 e. The third-order valence-corrected chi connectivity index (χ3v) is 4.08. The second-order valence-corrected chi connectivity index (χ2v) is 5.72. The van der Waals surface area contributed by atoms with Crippen LogP contribution in [0.3, 0.4) is 0 Å². The van der Waals surface area contributed by atoms with Gasteiger partial charge >= 0.3 is 0 Å². The topological polar surface area (TPSA) is 72.6 Å². The molecule has 2 aromatic heterocycles. The van der Waals surface area contributed by atoms with Gasteiger partial charge in [0.05, 0.1) is 6.61 Å². The lowest BCUT2D eigenvalue weighted by molar-refractivity contribution is 0.0603. The second-order valence-electron chi connectivity index (χ2n) is 5.72. The van der Waals surface area contributed by atoms with Gasteiger partial charge in [0.2, 0.25) is 0 Å². The second kappa shape index (κ2) is 7.29. The van der Waals surface area contributed by atoms with Crippen molar-refractivity contribution in [3.05, 3.63) is 48.0 Å². The van der Waals surface area contributed by atoms with Gasteiger partial charge in [-0.05, 0) is 38.0 Å². The molecule has 6 nitrogen and oxygen atoms in total. The summed E-state index contributed by atoms with van der Waals surface area (Å²) in [6.45, 7) is 3.34. The zero-order valence-electron chi connectivity index (χ0n) is 13.6. The molecule has 1 saturated heterocycles. The lowest BCUT2D eigenvalue weighted by Gasteiger charge is -2.31. The van der Waals surface area contributed by atoms with Crippen LogP contribution in [0.2, 0.25) is 0 Å². The summed E-state index contributed by atoms with van der Waals surface area (Å²) in [5.74, 6) is 0.129. The molecule has 0 aliphatic carbocycles. The fraction of sp³-hybridized carbons (Fsp3) is 0.389. The van der Waals surface area contributed by atoms with Gasteiger partial charge in [0, 0.05) is 31.3 Å². The van der Waals surface area contributed by atoms with E-state index in [1.165, 1.54) is 0 Å². The van der Waals surface area contributed by atoms with E-state index < -0.39 is 0 Å². The van der Waals surface area contributed by atoms with Crippen molar-refractivity contribution in [3.8, 4) is 5.95 Å². The van der Waals surface area contributed by atoms with Crippen LogP contribution in [0.25, 0.3) is 0 Å². The van der Waals surface area contributed by atoms with Gasteiger partial charge in [-0.2, -0.15) is 0 Å². The molecule has 1 aliphatic rings. The van der Waals surface area contributed by atoms with Gasteiger partial charge in [0.25, 0.3) is 11.9 Å².